The number of ether oxygens (including phenoxy) is 1. The molecule has 0 aliphatic rings. The number of carbonyl (C=O) groups is 1. The number of hydrogen-bond acceptors (Lipinski definition) is 2. The van der Waals surface area contributed by atoms with Crippen LogP contribution in [0.1, 0.15) is 41.3 Å². The van der Waals surface area contributed by atoms with Crippen molar-refractivity contribution in [2.24, 2.45) is 0 Å². The number of benzene rings is 1. The maximum Gasteiger partial charge on any atom is 0.338 e. The van der Waals surface area contributed by atoms with Crippen molar-refractivity contribution >= 4 is 5.97 Å². The lowest BCUT2D eigenvalue weighted by Crippen LogP contribution is -2.06. The fourth-order valence-corrected chi connectivity index (χ4v) is 1.26. The molecule has 0 saturated heterocycles. The fraction of sp³-hybridized carbons (Fsp3) is 0.462. The first-order chi connectivity index (χ1) is 7.15. The predicted octanol–water partition coefficient (Wildman–Crippen LogP) is 3.26. The molecule has 0 radical (unpaired) electrons. The summed E-state index contributed by atoms with van der Waals surface area (Å²) in [6.45, 7) is 6.62. The molecule has 0 amide bonds. The summed E-state index contributed by atoms with van der Waals surface area (Å²) in [5.74, 6) is -0.216. The van der Waals surface area contributed by atoms with E-state index in [1.807, 2.05) is 32.0 Å². The molecule has 1 aromatic rings. The Morgan fingerprint density at radius 1 is 1.27 bits per heavy atom. The highest BCUT2D eigenvalue weighted by atomic mass is 16.5. The Morgan fingerprint density at radius 2 is 2.00 bits per heavy atom. The van der Waals surface area contributed by atoms with Gasteiger partial charge in [-0.15, -0.1) is 0 Å². The lowest BCUT2D eigenvalue weighted by molar-refractivity contribution is 0.0499. The smallest absolute Gasteiger partial charge is 0.338 e. The summed E-state index contributed by atoms with van der Waals surface area (Å²) < 4.78 is 5.12. The normalized spacial score (nSPS) is 10.1. The second-order valence-corrected chi connectivity index (χ2v) is 3.79. The first-order valence-electron chi connectivity index (χ1n) is 5.39. The second-order valence-electron chi connectivity index (χ2n) is 3.79. The van der Waals surface area contributed by atoms with Crippen molar-refractivity contribution in [3.8, 4) is 0 Å². The van der Waals surface area contributed by atoms with Crippen LogP contribution in [0.25, 0.3) is 0 Å². The summed E-state index contributed by atoms with van der Waals surface area (Å²) in [6, 6.07) is 5.64. The molecule has 15 heavy (non-hydrogen) atoms. The molecule has 0 aromatic heterocycles. The minimum absolute atomic E-state index is 0.216. The topological polar surface area (TPSA) is 26.3 Å². The Labute approximate surface area is 91.3 Å². The zero-order chi connectivity index (χ0) is 11.3. The van der Waals surface area contributed by atoms with Crippen LogP contribution in [-0.2, 0) is 4.74 Å². The van der Waals surface area contributed by atoms with E-state index in [2.05, 4.69) is 6.92 Å². The highest BCUT2D eigenvalue weighted by Crippen LogP contribution is 2.10. The molecular formula is C13H18O2. The van der Waals surface area contributed by atoms with Gasteiger partial charge in [-0.3, -0.25) is 0 Å². The van der Waals surface area contributed by atoms with Gasteiger partial charge in [-0.2, -0.15) is 0 Å². The van der Waals surface area contributed by atoms with E-state index >= 15 is 0 Å². The number of rotatable bonds is 4. The molecule has 1 rings (SSSR count). The van der Waals surface area contributed by atoms with E-state index in [1.54, 1.807) is 0 Å². The van der Waals surface area contributed by atoms with Gasteiger partial charge in [0.05, 0.1) is 12.2 Å². The zero-order valence-electron chi connectivity index (χ0n) is 9.67. The van der Waals surface area contributed by atoms with Crippen molar-refractivity contribution in [1.29, 1.82) is 0 Å². The lowest BCUT2D eigenvalue weighted by Gasteiger charge is -2.05. The predicted molar refractivity (Wildman–Crippen MR) is 61.1 cm³/mol. The molecule has 2 nitrogen and oxygen atoms in total. The average molecular weight is 206 g/mol. The van der Waals surface area contributed by atoms with E-state index in [4.69, 9.17) is 4.74 Å². The maximum atomic E-state index is 11.6. The standard InChI is InChI=1S/C13H18O2/c1-4-5-8-15-13(14)12-7-6-10(2)11(3)9-12/h6-7,9H,4-5,8H2,1-3H3. The molecule has 0 unspecified atom stereocenters. The van der Waals surface area contributed by atoms with Gasteiger partial charge in [-0.25, -0.2) is 4.79 Å². The number of esters is 1. The number of carbonyl (C=O) groups excluding carboxylic acids is 1. The van der Waals surface area contributed by atoms with E-state index in [9.17, 15) is 4.79 Å². The molecule has 0 aliphatic heterocycles. The van der Waals surface area contributed by atoms with Gasteiger partial charge in [0.15, 0.2) is 0 Å². The van der Waals surface area contributed by atoms with Crippen LogP contribution < -0.4 is 0 Å². The van der Waals surface area contributed by atoms with Gasteiger partial charge in [0.2, 0.25) is 0 Å². The van der Waals surface area contributed by atoms with E-state index in [1.165, 1.54) is 5.56 Å². The number of aryl methyl sites for hydroxylation is 2. The van der Waals surface area contributed by atoms with Crippen molar-refractivity contribution in [2.45, 2.75) is 33.6 Å². The van der Waals surface area contributed by atoms with Crippen molar-refractivity contribution in [1.82, 2.24) is 0 Å². The Balaban J connectivity index is 2.62. The van der Waals surface area contributed by atoms with Gasteiger partial charge in [0.1, 0.15) is 0 Å². The average Bonchev–Trinajstić information content (AvgIpc) is 2.22. The van der Waals surface area contributed by atoms with Crippen LogP contribution in [0.5, 0.6) is 0 Å². The molecule has 0 saturated carbocycles. The largest absolute Gasteiger partial charge is 0.462 e. The molecule has 1 aromatic carbocycles. The Hall–Kier alpha value is -1.31. The first-order valence-corrected chi connectivity index (χ1v) is 5.39. The third kappa shape index (κ3) is 3.39. The lowest BCUT2D eigenvalue weighted by atomic mass is 10.1. The van der Waals surface area contributed by atoms with Crippen molar-refractivity contribution in [3.05, 3.63) is 34.9 Å². The second kappa shape index (κ2) is 5.54. The Bertz CT molecular complexity index is 342. The highest BCUT2D eigenvalue weighted by molar-refractivity contribution is 5.89. The molecule has 0 bridgehead atoms. The fourth-order valence-electron chi connectivity index (χ4n) is 1.26. The third-order valence-corrected chi connectivity index (χ3v) is 2.47. The maximum absolute atomic E-state index is 11.6. The van der Waals surface area contributed by atoms with E-state index in [0.717, 1.165) is 18.4 Å². The molecule has 0 heterocycles. The Kier molecular flexibility index (Phi) is 4.35. The minimum atomic E-state index is -0.216. The summed E-state index contributed by atoms with van der Waals surface area (Å²) in [7, 11) is 0. The molecule has 0 atom stereocenters. The van der Waals surface area contributed by atoms with E-state index < -0.39 is 0 Å². The quantitative estimate of drug-likeness (QED) is 0.558. The van der Waals surface area contributed by atoms with Crippen LogP contribution >= 0.6 is 0 Å². The molecular weight excluding hydrogens is 188 g/mol. The number of unbranched alkanes of at least 4 members (excludes halogenated alkanes) is 1. The van der Waals surface area contributed by atoms with Gasteiger partial charge >= 0.3 is 5.97 Å². The van der Waals surface area contributed by atoms with E-state index in [0.29, 0.717) is 12.2 Å². The van der Waals surface area contributed by atoms with Crippen LogP contribution in [0.4, 0.5) is 0 Å². The van der Waals surface area contributed by atoms with Gasteiger partial charge in [-0.05, 0) is 43.5 Å². The van der Waals surface area contributed by atoms with E-state index in [-0.39, 0.29) is 5.97 Å². The van der Waals surface area contributed by atoms with Gasteiger partial charge < -0.3 is 4.74 Å². The van der Waals surface area contributed by atoms with Crippen LogP contribution in [0.15, 0.2) is 18.2 Å². The molecule has 82 valence electrons. The Morgan fingerprint density at radius 3 is 2.60 bits per heavy atom. The molecule has 2 heteroatoms. The van der Waals surface area contributed by atoms with Crippen molar-refractivity contribution in [3.63, 3.8) is 0 Å². The molecule has 0 fully saturated rings. The summed E-state index contributed by atoms with van der Waals surface area (Å²) in [6.07, 6.45) is 1.97. The highest BCUT2D eigenvalue weighted by Gasteiger charge is 2.07. The SMILES string of the molecule is CCCCOC(=O)c1ccc(C)c(C)c1. The third-order valence-electron chi connectivity index (χ3n) is 2.47. The number of hydrogen-bond donors (Lipinski definition) is 0. The summed E-state index contributed by atoms with van der Waals surface area (Å²) in [5.41, 5.74) is 2.97. The van der Waals surface area contributed by atoms with Crippen LogP contribution in [0, 0.1) is 13.8 Å². The van der Waals surface area contributed by atoms with Crippen LogP contribution in [-0.4, -0.2) is 12.6 Å². The minimum Gasteiger partial charge on any atom is -0.462 e. The van der Waals surface area contributed by atoms with Gasteiger partial charge in [0, 0.05) is 0 Å². The van der Waals surface area contributed by atoms with Crippen LogP contribution in [0.2, 0.25) is 0 Å². The monoisotopic (exact) mass is 206 g/mol. The summed E-state index contributed by atoms with van der Waals surface area (Å²) in [5, 5.41) is 0. The molecule has 0 spiro atoms. The van der Waals surface area contributed by atoms with Gasteiger partial charge in [-0.1, -0.05) is 19.4 Å². The van der Waals surface area contributed by atoms with Crippen molar-refractivity contribution in [2.75, 3.05) is 6.61 Å². The summed E-state index contributed by atoms with van der Waals surface area (Å²) >= 11 is 0. The molecule has 0 N–H and O–H groups in total. The summed E-state index contributed by atoms with van der Waals surface area (Å²) in [4.78, 5) is 11.6. The van der Waals surface area contributed by atoms with Gasteiger partial charge in [0.25, 0.3) is 0 Å². The first kappa shape index (κ1) is 11.8. The van der Waals surface area contributed by atoms with Crippen molar-refractivity contribution < 1.29 is 9.53 Å². The van der Waals surface area contributed by atoms with Crippen LogP contribution in [0.3, 0.4) is 0 Å². The zero-order valence-corrected chi connectivity index (χ0v) is 9.67. The molecule has 0 aliphatic carbocycles.